The second kappa shape index (κ2) is 13.1. The molecule has 4 aromatic carbocycles. The SMILES string of the molecule is NC(=O)c1cccc(N2C(=O)[C@@H](CC(=O)NCCc3c[nH]c4cc(F)ccc34)S[C@H]2c2ccc(C#Cc3ccccc3)cc2)c1. The van der Waals surface area contributed by atoms with Crippen molar-refractivity contribution in [2.75, 3.05) is 11.4 Å². The number of primary amides is 1. The van der Waals surface area contributed by atoms with Crippen LogP contribution in [0.25, 0.3) is 10.9 Å². The molecule has 0 radical (unpaired) electrons. The van der Waals surface area contributed by atoms with Crippen LogP contribution in [-0.2, 0) is 16.0 Å². The van der Waals surface area contributed by atoms with E-state index in [1.54, 1.807) is 35.2 Å². The highest BCUT2D eigenvalue weighted by atomic mass is 32.2. The summed E-state index contributed by atoms with van der Waals surface area (Å²) in [7, 11) is 0. The summed E-state index contributed by atoms with van der Waals surface area (Å²) in [6.45, 7) is 0.369. The molecular formula is C36H29FN4O3S. The first-order valence-electron chi connectivity index (χ1n) is 14.4. The van der Waals surface area contributed by atoms with E-state index in [9.17, 15) is 18.8 Å². The summed E-state index contributed by atoms with van der Waals surface area (Å²) in [5.74, 6) is 4.93. The van der Waals surface area contributed by atoms with Crippen molar-refractivity contribution in [3.8, 4) is 11.8 Å². The lowest BCUT2D eigenvalue weighted by Crippen LogP contribution is -2.34. The number of carbonyl (C=O) groups is 3. The molecule has 1 aliphatic heterocycles. The predicted molar refractivity (Wildman–Crippen MR) is 175 cm³/mol. The van der Waals surface area contributed by atoms with E-state index in [-0.39, 0.29) is 29.6 Å². The van der Waals surface area contributed by atoms with E-state index in [0.717, 1.165) is 27.6 Å². The molecule has 224 valence electrons. The number of carbonyl (C=O) groups excluding carboxylic acids is 3. The van der Waals surface area contributed by atoms with Crippen LogP contribution in [-0.4, -0.2) is 34.5 Å². The van der Waals surface area contributed by atoms with Gasteiger partial charge in [0.15, 0.2) is 0 Å². The summed E-state index contributed by atoms with van der Waals surface area (Å²) in [6, 6.07) is 28.6. The Bertz CT molecular complexity index is 1950. The zero-order valence-corrected chi connectivity index (χ0v) is 24.9. The van der Waals surface area contributed by atoms with Crippen molar-refractivity contribution in [2.45, 2.75) is 23.5 Å². The maximum atomic E-state index is 13.8. The number of nitrogens with one attached hydrogen (secondary N) is 2. The molecule has 0 unspecified atom stereocenters. The monoisotopic (exact) mass is 616 g/mol. The van der Waals surface area contributed by atoms with Gasteiger partial charge in [0, 0.05) is 52.4 Å². The Morgan fingerprint density at radius 3 is 2.44 bits per heavy atom. The van der Waals surface area contributed by atoms with Crippen LogP contribution in [0.2, 0.25) is 0 Å². The van der Waals surface area contributed by atoms with Gasteiger partial charge in [0.25, 0.3) is 0 Å². The first-order valence-corrected chi connectivity index (χ1v) is 15.4. The molecular weight excluding hydrogens is 587 g/mol. The van der Waals surface area contributed by atoms with E-state index >= 15 is 0 Å². The van der Waals surface area contributed by atoms with E-state index < -0.39 is 16.5 Å². The molecule has 6 rings (SSSR count). The highest BCUT2D eigenvalue weighted by Gasteiger charge is 2.42. The van der Waals surface area contributed by atoms with Crippen molar-refractivity contribution in [2.24, 2.45) is 5.73 Å². The zero-order valence-electron chi connectivity index (χ0n) is 24.1. The first-order chi connectivity index (χ1) is 21.9. The Kier molecular flexibility index (Phi) is 8.67. The average Bonchev–Trinajstić information content (AvgIpc) is 3.60. The standard InChI is InChI=1S/C36H29FN4O3S/c37-28-15-16-30-27(22-40-31(30)20-28)17-18-39-33(42)21-32-35(44)41(29-8-4-7-26(19-29)34(38)43)36(45-32)25-13-11-24(12-14-25)10-9-23-5-2-1-3-6-23/h1-8,11-16,19-20,22,32,36,40H,17-18,21H2,(H2,38,43)(H,39,42)/t32-,36+/m1/s1. The zero-order chi connectivity index (χ0) is 31.3. The molecule has 9 heteroatoms. The van der Waals surface area contributed by atoms with Crippen LogP contribution in [0, 0.1) is 17.7 Å². The molecule has 2 atom stereocenters. The molecule has 45 heavy (non-hydrogen) atoms. The quantitative estimate of drug-likeness (QED) is 0.194. The van der Waals surface area contributed by atoms with Gasteiger partial charge in [0.2, 0.25) is 17.7 Å². The summed E-state index contributed by atoms with van der Waals surface area (Å²) in [5, 5.41) is 2.76. The van der Waals surface area contributed by atoms with E-state index in [4.69, 9.17) is 5.73 Å². The molecule has 1 fully saturated rings. The molecule has 0 bridgehead atoms. The molecule has 1 aliphatic rings. The third-order valence-electron chi connectivity index (χ3n) is 7.59. The topological polar surface area (TPSA) is 108 Å². The van der Waals surface area contributed by atoms with E-state index in [0.29, 0.717) is 24.2 Å². The van der Waals surface area contributed by atoms with Gasteiger partial charge >= 0.3 is 0 Å². The van der Waals surface area contributed by atoms with Crippen LogP contribution in [0.1, 0.15) is 44.4 Å². The van der Waals surface area contributed by atoms with Crippen LogP contribution in [0.5, 0.6) is 0 Å². The number of aromatic amines is 1. The van der Waals surface area contributed by atoms with Gasteiger partial charge in [-0.25, -0.2) is 4.39 Å². The lowest BCUT2D eigenvalue weighted by atomic mass is 10.1. The number of H-pyrrole nitrogens is 1. The fraction of sp³-hybridized carbons (Fsp3) is 0.139. The van der Waals surface area contributed by atoms with Crippen molar-refractivity contribution >= 4 is 46.1 Å². The number of halogens is 1. The lowest BCUT2D eigenvalue weighted by Gasteiger charge is -2.24. The third kappa shape index (κ3) is 6.77. The number of benzene rings is 4. The Hall–Kier alpha value is -5.33. The molecule has 4 N–H and O–H groups in total. The average molecular weight is 617 g/mol. The number of nitrogens with two attached hydrogens (primary N) is 1. The third-order valence-corrected chi connectivity index (χ3v) is 9.02. The number of anilines is 1. The fourth-order valence-corrected chi connectivity index (χ4v) is 6.77. The molecule has 5 aromatic rings. The Balaban J connectivity index is 1.18. The molecule has 0 aliphatic carbocycles. The van der Waals surface area contributed by atoms with Crippen molar-refractivity contribution in [3.63, 3.8) is 0 Å². The summed E-state index contributed by atoms with van der Waals surface area (Å²) >= 11 is 1.39. The number of aromatic nitrogens is 1. The normalized spacial score (nSPS) is 15.9. The van der Waals surface area contributed by atoms with Crippen molar-refractivity contribution < 1.29 is 18.8 Å². The highest BCUT2D eigenvalue weighted by Crippen LogP contribution is 2.46. The van der Waals surface area contributed by atoms with Crippen LogP contribution in [0.4, 0.5) is 10.1 Å². The molecule has 1 saturated heterocycles. The number of thioether (sulfide) groups is 1. The molecule has 1 aromatic heterocycles. The summed E-state index contributed by atoms with van der Waals surface area (Å²) < 4.78 is 13.5. The van der Waals surface area contributed by atoms with Crippen molar-refractivity contribution in [1.29, 1.82) is 0 Å². The number of fused-ring (bicyclic) bond motifs is 1. The largest absolute Gasteiger partial charge is 0.366 e. The van der Waals surface area contributed by atoms with Crippen LogP contribution >= 0.6 is 11.8 Å². The summed E-state index contributed by atoms with van der Waals surface area (Å²) in [6.07, 6.45) is 2.36. The van der Waals surface area contributed by atoms with E-state index in [1.165, 1.54) is 23.9 Å². The fourth-order valence-electron chi connectivity index (χ4n) is 5.32. The van der Waals surface area contributed by atoms with Gasteiger partial charge in [0.1, 0.15) is 11.2 Å². The van der Waals surface area contributed by atoms with Gasteiger partial charge in [0.05, 0.1) is 5.25 Å². The Labute approximate surface area is 264 Å². The van der Waals surface area contributed by atoms with Crippen molar-refractivity contribution in [1.82, 2.24) is 10.3 Å². The highest BCUT2D eigenvalue weighted by molar-refractivity contribution is 8.01. The van der Waals surface area contributed by atoms with E-state index in [2.05, 4.69) is 22.1 Å². The van der Waals surface area contributed by atoms with Gasteiger partial charge in [-0.15, -0.1) is 11.8 Å². The first kappa shape index (κ1) is 29.7. The molecule has 3 amide bonds. The van der Waals surface area contributed by atoms with E-state index in [1.807, 2.05) is 60.8 Å². The minimum absolute atomic E-state index is 0.00819. The van der Waals surface area contributed by atoms with Gasteiger partial charge in [-0.1, -0.05) is 48.2 Å². The summed E-state index contributed by atoms with van der Waals surface area (Å²) in [4.78, 5) is 43.4. The minimum atomic E-state index is -0.638. The lowest BCUT2D eigenvalue weighted by molar-refractivity contribution is -0.124. The van der Waals surface area contributed by atoms with Gasteiger partial charge in [-0.3, -0.25) is 19.3 Å². The Morgan fingerprint density at radius 2 is 1.69 bits per heavy atom. The minimum Gasteiger partial charge on any atom is -0.366 e. The van der Waals surface area contributed by atoms with Crippen LogP contribution in [0.15, 0.2) is 103 Å². The Morgan fingerprint density at radius 1 is 0.933 bits per heavy atom. The second-order valence-electron chi connectivity index (χ2n) is 10.6. The van der Waals surface area contributed by atoms with Crippen LogP contribution in [0.3, 0.4) is 0 Å². The smallest absolute Gasteiger partial charge is 0.248 e. The van der Waals surface area contributed by atoms with Gasteiger partial charge in [-0.05, 0) is 78.2 Å². The molecule has 7 nitrogen and oxygen atoms in total. The number of amides is 3. The van der Waals surface area contributed by atoms with Crippen molar-refractivity contribution in [3.05, 3.63) is 137 Å². The number of hydrogen-bond acceptors (Lipinski definition) is 4. The van der Waals surface area contributed by atoms with Gasteiger partial charge in [-0.2, -0.15) is 0 Å². The predicted octanol–water partition coefficient (Wildman–Crippen LogP) is 5.70. The number of rotatable bonds is 8. The second-order valence-corrected chi connectivity index (χ2v) is 11.9. The molecule has 2 heterocycles. The molecule has 0 saturated carbocycles. The number of hydrogen-bond donors (Lipinski definition) is 3. The maximum Gasteiger partial charge on any atom is 0.248 e. The maximum absolute atomic E-state index is 13.8. The van der Waals surface area contributed by atoms with Gasteiger partial charge < -0.3 is 16.0 Å². The summed E-state index contributed by atoms with van der Waals surface area (Å²) in [5.41, 5.74) is 10.6. The number of nitrogens with zero attached hydrogens (tertiary/aromatic N) is 1. The van der Waals surface area contributed by atoms with Crippen LogP contribution < -0.4 is 16.0 Å². The molecule has 0 spiro atoms.